The van der Waals surface area contributed by atoms with Crippen molar-refractivity contribution in [3.63, 3.8) is 0 Å². The van der Waals surface area contributed by atoms with Crippen LogP contribution in [-0.2, 0) is 18.3 Å². The van der Waals surface area contributed by atoms with Crippen molar-refractivity contribution >= 4 is 5.91 Å². The van der Waals surface area contributed by atoms with Gasteiger partial charge in [-0.2, -0.15) is 5.10 Å². The Kier molecular flexibility index (Phi) is 6.05. The molecule has 1 aliphatic rings. The maximum absolute atomic E-state index is 11.8. The highest BCUT2D eigenvalue weighted by Gasteiger charge is 2.14. The molecule has 0 spiro atoms. The van der Waals surface area contributed by atoms with Crippen molar-refractivity contribution in [3.05, 3.63) is 18.0 Å². The minimum absolute atomic E-state index is 0.128. The molecule has 5 heteroatoms. The van der Waals surface area contributed by atoms with E-state index >= 15 is 0 Å². The first kappa shape index (κ1) is 15.0. The summed E-state index contributed by atoms with van der Waals surface area (Å²) in [7, 11) is 1.91. The van der Waals surface area contributed by atoms with Gasteiger partial charge in [-0.3, -0.25) is 9.48 Å². The van der Waals surface area contributed by atoms with E-state index in [-0.39, 0.29) is 5.91 Å². The number of amides is 1. The van der Waals surface area contributed by atoms with Gasteiger partial charge in [-0.05, 0) is 31.4 Å². The molecule has 5 nitrogen and oxygen atoms in total. The molecule has 112 valence electrons. The fourth-order valence-corrected chi connectivity index (χ4v) is 2.74. The minimum atomic E-state index is 0.128. The average molecular weight is 278 g/mol. The number of carbonyl (C=O) groups excluding carboxylic acids is 1. The number of rotatable bonds is 6. The Bertz CT molecular complexity index is 408. The van der Waals surface area contributed by atoms with Crippen LogP contribution in [0.15, 0.2) is 12.4 Å². The van der Waals surface area contributed by atoms with E-state index in [0.29, 0.717) is 12.6 Å². The lowest BCUT2D eigenvalue weighted by molar-refractivity contribution is -0.121. The first-order chi connectivity index (χ1) is 9.74. The summed E-state index contributed by atoms with van der Waals surface area (Å²) in [4.78, 5) is 11.8. The van der Waals surface area contributed by atoms with E-state index < -0.39 is 0 Å². The molecule has 1 amide bonds. The Balaban J connectivity index is 1.57. The number of carbonyl (C=O) groups is 1. The van der Waals surface area contributed by atoms with E-state index in [4.69, 9.17) is 0 Å². The van der Waals surface area contributed by atoms with Gasteiger partial charge in [0.15, 0.2) is 0 Å². The summed E-state index contributed by atoms with van der Waals surface area (Å²) in [5.74, 6) is 0.128. The molecule has 2 rings (SSSR count). The smallest absolute Gasteiger partial charge is 0.234 e. The van der Waals surface area contributed by atoms with Gasteiger partial charge in [0.1, 0.15) is 0 Å². The SMILES string of the molecule is Cn1cc(CCNCC(=O)NC2CCCCCC2)cn1. The molecule has 0 aliphatic heterocycles. The summed E-state index contributed by atoms with van der Waals surface area (Å²) in [5, 5.41) is 10.5. The molecule has 0 radical (unpaired) electrons. The van der Waals surface area contributed by atoms with Crippen LogP contribution in [0.5, 0.6) is 0 Å². The molecule has 0 bridgehead atoms. The van der Waals surface area contributed by atoms with Crippen molar-refractivity contribution in [2.45, 2.75) is 51.0 Å². The number of nitrogens with one attached hydrogen (secondary N) is 2. The lowest BCUT2D eigenvalue weighted by atomic mass is 10.1. The summed E-state index contributed by atoms with van der Waals surface area (Å²) in [5.41, 5.74) is 1.20. The fraction of sp³-hybridized carbons (Fsp3) is 0.733. The quantitative estimate of drug-likeness (QED) is 0.611. The number of aryl methyl sites for hydroxylation is 1. The highest BCUT2D eigenvalue weighted by Crippen LogP contribution is 2.16. The average Bonchev–Trinajstić information content (AvgIpc) is 2.68. The largest absolute Gasteiger partial charge is 0.352 e. The van der Waals surface area contributed by atoms with Gasteiger partial charge in [-0.25, -0.2) is 0 Å². The first-order valence-corrected chi connectivity index (χ1v) is 7.71. The maximum Gasteiger partial charge on any atom is 0.234 e. The van der Waals surface area contributed by atoms with Gasteiger partial charge in [0.2, 0.25) is 5.91 Å². The fourth-order valence-electron chi connectivity index (χ4n) is 2.74. The van der Waals surface area contributed by atoms with Crippen LogP contribution < -0.4 is 10.6 Å². The van der Waals surface area contributed by atoms with Crippen LogP contribution in [-0.4, -0.2) is 34.8 Å². The van der Waals surface area contributed by atoms with Crippen LogP contribution in [0.1, 0.15) is 44.1 Å². The van der Waals surface area contributed by atoms with Crippen LogP contribution in [0.2, 0.25) is 0 Å². The third-order valence-electron chi connectivity index (χ3n) is 3.85. The molecule has 20 heavy (non-hydrogen) atoms. The van der Waals surface area contributed by atoms with Gasteiger partial charge < -0.3 is 10.6 Å². The summed E-state index contributed by atoms with van der Waals surface area (Å²) in [6, 6.07) is 0.394. The Morgan fingerprint density at radius 1 is 1.35 bits per heavy atom. The number of hydrogen-bond donors (Lipinski definition) is 2. The van der Waals surface area contributed by atoms with Crippen molar-refractivity contribution in [1.82, 2.24) is 20.4 Å². The highest BCUT2D eigenvalue weighted by atomic mass is 16.1. The Morgan fingerprint density at radius 2 is 2.10 bits per heavy atom. The monoisotopic (exact) mass is 278 g/mol. The third kappa shape index (κ3) is 5.33. The highest BCUT2D eigenvalue weighted by molar-refractivity contribution is 5.78. The van der Waals surface area contributed by atoms with Gasteiger partial charge in [0, 0.05) is 19.3 Å². The molecule has 2 N–H and O–H groups in total. The third-order valence-corrected chi connectivity index (χ3v) is 3.85. The second-order valence-corrected chi connectivity index (χ2v) is 5.71. The van der Waals surface area contributed by atoms with Crippen molar-refractivity contribution in [3.8, 4) is 0 Å². The van der Waals surface area contributed by atoms with Crippen LogP contribution in [0.4, 0.5) is 0 Å². The van der Waals surface area contributed by atoms with E-state index in [1.54, 1.807) is 4.68 Å². The minimum Gasteiger partial charge on any atom is -0.352 e. The van der Waals surface area contributed by atoms with Gasteiger partial charge in [-0.1, -0.05) is 25.7 Å². The lowest BCUT2D eigenvalue weighted by Gasteiger charge is -2.16. The molecule has 0 saturated heterocycles. The van der Waals surface area contributed by atoms with Crippen molar-refractivity contribution < 1.29 is 4.79 Å². The molecule has 1 fully saturated rings. The molecule has 1 heterocycles. The summed E-state index contributed by atoms with van der Waals surface area (Å²) in [6.07, 6.45) is 12.2. The molecule has 1 aliphatic carbocycles. The molecule has 0 atom stereocenters. The van der Waals surface area contributed by atoms with Crippen LogP contribution in [0, 0.1) is 0 Å². The van der Waals surface area contributed by atoms with E-state index in [9.17, 15) is 4.79 Å². The van der Waals surface area contributed by atoms with Crippen molar-refractivity contribution in [2.24, 2.45) is 7.05 Å². The predicted molar refractivity (Wildman–Crippen MR) is 79.4 cm³/mol. The maximum atomic E-state index is 11.8. The zero-order chi connectivity index (χ0) is 14.2. The van der Waals surface area contributed by atoms with Gasteiger partial charge in [0.25, 0.3) is 0 Å². The second kappa shape index (κ2) is 8.04. The zero-order valence-corrected chi connectivity index (χ0v) is 12.4. The molecular weight excluding hydrogens is 252 g/mol. The molecule has 1 aromatic rings. The summed E-state index contributed by atoms with van der Waals surface area (Å²) < 4.78 is 1.80. The van der Waals surface area contributed by atoms with Crippen LogP contribution in [0.3, 0.4) is 0 Å². The van der Waals surface area contributed by atoms with Gasteiger partial charge in [0.05, 0.1) is 12.7 Å². The van der Waals surface area contributed by atoms with Crippen LogP contribution >= 0.6 is 0 Å². The molecule has 0 aromatic carbocycles. The van der Waals surface area contributed by atoms with E-state index in [1.165, 1.54) is 31.2 Å². The van der Waals surface area contributed by atoms with E-state index in [1.807, 2.05) is 19.4 Å². The standard InChI is InChI=1S/C15H26N4O/c1-19-12-13(10-17-19)8-9-16-11-15(20)18-14-6-4-2-3-5-7-14/h10,12,14,16H,2-9,11H2,1H3,(H,18,20). The van der Waals surface area contributed by atoms with Crippen molar-refractivity contribution in [1.29, 1.82) is 0 Å². The van der Waals surface area contributed by atoms with E-state index in [0.717, 1.165) is 25.8 Å². The van der Waals surface area contributed by atoms with Crippen LogP contribution in [0.25, 0.3) is 0 Å². The number of nitrogens with zero attached hydrogens (tertiary/aromatic N) is 2. The molecule has 1 saturated carbocycles. The summed E-state index contributed by atoms with van der Waals surface area (Å²) in [6.45, 7) is 1.22. The first-order valence-electron chi connectivity index (χ1n) is 7.71. The normalized spacial score (nSPS) is 16.9. The van der Waals surface area contributed by atoms with Gasteiger partial charge in [-0.15, -0.1) is 0 Å². The second-order valence-electron chi connectivity index (χ2n) is 5.71. The molecule has 1 aromatic heterocycles. The Labute approximate surface area is 121 Å². The summed E-state index contributed by atoms with van der Waals surface area (Å²) >= 11 is 0. The number of aromatic nitrogens is 2. The van der Waals surface area contributed by atoms with Gasteiger partial charge >= 0.3 is 0 Å². The van der Waals surface area contributed by atoms with E-state index in [2.05, 4.69) is 15.7 Å². The topological polar surface area (TPSA) is 59.0 Å². The predicted octanol–water partition coefficient (Wildman–Crippen LogP) is 1.39. The molecular formula is C15H26N4O. The number of hydrogen-bond acceptors (Lipinski definition) is 3. The Hall–Kier alpha value is -1.36. The Morgan fingerprint density at radius 3 is 2.75 bits per heavy atom. The van der Waals surface area contributed by atoms with Crippen molar-refractivity contribution in [2.75, 3.05) is 13.1 Å². The lowest BCUT2D eigenvalue weighted by Crippen LogP contribution is -2.40. The zero-order valence-electron chi connectivity index (χ0n) is 12.4. The molecule has 0 unspecified atom stereocenters.